The second-order valence-electron chi connectivity index (χ2n) is 14.4. The molecule has 0 aliphatic carbocycles. The number of ether oxygens (including phenoxy) is 1. The zero-order valence-electron chi connectivity index (χ0n) is 32.1. The molecule has 282 valence electrons. The molecule has 0 atom stereocenters. The largest absolute Gasteiger partial charge is 0.458 e. The van der Waals surface area contributed by atoms with Crippen LogP contribution in [0.3, 0.4) is 0 Å². The highest BCUT2D eigenvalue weighted by molar-refractivity contribution is 6.24. The van der Waals surface area contributed by atoms with E-state index in [9.17, 15) is 0 Å². The van der Waals surface area contributed by atoms with Crippen LogP contribution in [0.5, 0.6) is 5.75 Å². The lowest BCUT2D eigenvalue weighted by Gasteiger charge is -2.15. The molecule has 0 saturated heterocycles. The van der Waals surface area contributed by atoms with Crippen LogP contribution in [0.15, 0.2) is 212 Å². The fourth-order valence-electron chi connectivity index (χ4n) is 7.89. The monoisotopic (exact) mass is 763 g/mol. The van der Waals surface area contributed by atoms with Crippen molar-refractivity contribution in [2.45, 2.75) is 13.0 Å². The van der Waals surface area contributed by atoms with Gasteiger partial charge < -0.3 is 13.6 Å². The second kappa shape index (κ2) is 15.3. The Hall–Kier alpha value is -7.83. The number of benzene rings is 7. The molecular weight excluding hydrogens is 727 g/mol. The predicted octanol–water partition coefficient (Wildman–Crippen LogP) is 13.5. The summed E-state index contributed by atoms with van der Waals surface area (Å²) in [6.07, 6.45) is 8.61. The van der Waals surface area contributed by atoms with Gasteiger partial charge in [-0.2, -0.15) is 0 Å². The quantitative estimate of drug-likeness (QED) is 0.125. The van der Waals surface area contributed by atoms with Crippen LogP contribution in [0.4, 0.5) is 0 Å². The summed E-state index contributed by atoms with van der Waals surface area (Å²) in [5, 5.41) is 3.92. The van der Waals surface area contributed by atoms with E-state index in [-0.39, 0.29) is 0 Å². The lowest BCUT2D eigenvalue weighted by Crippen LogP contribution is -2.06. The molecule has 6 nitrogen and oxygen atoms in total. The maximum absolute atomic E-state index is 6.73. The number of aliphatic imine (C=N–C) groups is 3. The molecule has 1 aliphatic rings. The van der Waals surface area contributed by atoms with E-state index < -0.39 is 0 Å². The van der Waals surface area contributed by atoms with Gasteiger partial charge in [-0.05, 0) is 83.9 Å². The number of allylic oxidation sites excluding steroid dienone is 4. The van der Waals surface area contributed by atoms with Crippen LogP contribution in [0.25, 0.3) is 66.1 Å². The summed E-state index contributed by atoms with van der Waals surface area (Å²) in [6.45, 7) is 8.53. The standard InChI is InChI=1S/C53H37N3O3/c1-34-14-5-3-8-17-40-39(20-13-23-46(40)57-34)43-30-31-45(50-44-19-10-12-22-48(44)59-51(43)50)53(54-2)56-52(38-28-29-42-41-18-9-11-21-47(41)58-49(42)32-38)55-33-35-24-26-37(27-25-35)36-15-6-4-7-16-36/h3-16,18-32H,1-2,17,33H2/b8-3-,14-5-,55-52-,56-53-. The van der Waals surface area contributed by atoms with Crippen molar-refractivity contribution in [3.63, 3.8) is 0 Å². The van der Waals surface area contributed by atoms with Crippen molar-refractivity contribution in [1.29, 1.82) is 0 Å². The molecular formula is C53H37N3O3. The number of hydrogen-bond acceptors (Lipinski definition) is 4. The third-order valence-electron chi connectivity index (χ3n) is 10.8. The molecule has 9 aromatic rings. The molecule has 0 N–H and O–H groups in total. The first-order chi connectivity index (χ1) is 29.1. The molecule has 0 fully saturated rings. The SMILES string of the molecule is C=N/C(=N\C(=N/Cc1ccc(-c2ccccc2)cc1)c1ccc2c(c1)oc1ccccc12)c1ccc(-c2cccc3c2C/C=C\C=C/C(=C)O3)c2oc3ccccc3c12. The van der Waals surface area contributed by atoms with Crippen LogP contribution < -0.4 is 4.74 Å². The van der Waals surface area contributed by atoms with Gasteiger partial charge in [0.25, 0.3) is 0 Å². The minimum Gasteiger partial charge on any atom is -0.458 e. The summed E-state index contributed by atoms with van der Waals surface area (Å²) in [7, 11) is 0. The molecule has 0 unspecified atom stereocenters. The Labute approximate surface area is 341 Å². The third kappa shape index (κ3) is 6.77. The van der Waals surface area contributed by atoms with Crippen molar-refractivity contribution in [2.24, 2.45) is 15.0 Å². The lowest BCUT2D eigenvalue weighted by molar-refractivity contribution is 0.443. The Kier molecular flexibility index (Phi) is 9.20. The molecule has 0 saturated carbocycles. The van der Waals surface area contributed by atoms with E-state index in [0.29, 0.717) is 30.4 Å². The van der Waals surface area contributed by atoms with Crippen molar-refractivity contribution in [2.75, 3.05) is 0 Å². The second-order valence-corrected chi connectivity index (χ2v) is 14.4. The number of nitrogens with zero attached hydrogens (tertiary/aromatic N) is 3. The molecule has 2 aromatic heterocycles. The molecule has 0 spiro atoms. The topological polar surface area (TPSA) is 72.6 Å². The van der Waals surface area contributed by atoms with E-state index in [2.05, 4.69) is 109 Å². The molecule has 7 aromatic carbocycles. The van der Waals surface area contributed by atoms with Crippen LogP contribution >= 0.6 is 0 Å². The first kappa shape index (κ1) is 35.6. The fourth-order valence-corrected chi connectivity index (χ4v) is 7.89. The summed E-state index contributed by atoms with van der Waals surface area (Å²) in [4.78, 5) is 15.0. The maximum Gasteiger partial charge on any atom is 0.161 e. The zero-order valence-corrected chi connectivity index (χ0v) is 32.1. The number of rotatable bonds is 6. The Morgan fingerprint density at radius 2 is 1.36 bits per heavy atom. The fraction of sp³-hybridized carbons (Fsp3) is 0.0377. The van der Waals surface area contributed by atoms with E-state index in [4.69, 9.17) is 23.6 Å². The molecule has 6 heteroatoms. The smallest absolute Gasteiger partial charge is 0.161 e. The third-order valence-corrected chi connectivity index (χ3v) is 10.8. The normalized spacial score (nSPS) is 14.5. The number of furan rings is 2. The number of para-hydroxylation sites is 2. The molecule has 10 rings (SSSR count). The van der Waals surface area contributed by atoms with Crippen LogP contribution in [-0.2, 0) is 13.0 Å². The highest BCUT2D eigenvalue weighted by Gasteiger charge is 2.22. The van der Waals surface area contributed by atoms with Crippen LogP contribution in [-0.4, -0.2) is 18.4 Å². The highest BCUT2D eigenvalue weighted by atomic mass is 16.5. The maximum atomic E-state index is 6.73. The van der Waals surface area contributed by atoms with Gasteiger partial charge in [-0.1, -0.05) is 134 Å². The van der Waals surface area contributed by atoms with Gasteiger partial charge in [-0.25, -0.2) is 9.98 Å². The summed E-state index contributed by atoms with van der Waals surface area (Å²) >= 11 is 0. The molecule has 0 radical (unpaired) electrons. The molecule has 0 bridgehead atoms. The van der Waals surface area contributed by atoms with E-state index >= 15 is 0 Å². The zero-order chi connectivity index (χ0) is 39.7. The van der Waals surface area contributed by atoms with Crippen molar-refractivity contribution < 1.29 is 13.6 Å². The van der Waals surface area contributed by atoms with Crippen molar-refractivity contribution >= 4 is 62.3 Å². The number of hydrogen-bond donors (Lipinski definition) is 0. The molecule has 59 heavy (non-hydrogen) atoms. The van der Waals surface area contributed by atoms with E-state index in [1.807, 2.05) is 85.0 Å². The first-order valence-electron chi connectivity index (χ1n) is 19.5. The minimum atomic E-state index is 0.400. The van der Waals surface area contributed by atoms with Gasteiger partial charge in [0.1, 0.15) is 33.8 Å². The van der Waals surface area contributed by atoms with Gasteiger partial charge in [0.2, 0.25) is 0 Å². The molecule has 0 amide bonds. The van der Waals surface area contributed by atoms with Crippen LogP contribution in [0.2, 0.25) is 0 Å². The predicted molar refractivity (Wildman–Crippen MR) is 243 cm³/mol. The van der Waals surface area contributed by atoms with Gasteiger partial charge in [0, 0.05) is 43.8 Å². The summed E-state index contributed by atoms with van der Waals surface area (Å²) in [5.74, 6) is 2.25. The van der Waals surface area contributed by atoms with Gasteiger partial charge in [-0.15, -0.1) is 0 Å². The lowest BCUT2D eigenvalue weighted by atomic mass is 9.93. The summed E-state index contributed by atoms with van der Waals surface area (Å²) in [6, 6.07) is 51.3. The van der Waals surface area contributed by atoms with E-state index in [1.165, 1.54) is 5.56 Å². The van der Waals surface area contributed by atoms with Crippen LogP contribution in [0, 0.1) is 0 Å². The van der Waals surface area contributed by atoms with Crippen molar-refractivity contribution in [3.8, 4) is 28.0 Å². The van der Waals surface area contributed by atoms with Crippen LogP contribution in [0.1, 0.15) is 22.3 Å². The Morgan fingerprint density at radius 1 is 0.610 bits per heavy atom. The Balaban J connectivity index is 1.12. The number of fused-ring (bicyclic) bond motifs is 7. The Morgan fingerprint density at radius 3 is 2.19 bits per heavy atom. The van der Waals surface area contributed by atoms with Gasteiger partial charge in [0.15, 0.2) is 11.7 Å². The Bertz CT molecular complexity index is 3220. The summed E-state index contributed by atoms with van der Waals surface area (Å²) in [5.41, 5.74) is 11.0. The van der Waals surface area contributed by atoms with Crippen molar-refractivity contribution in [1.82, 2.24) is 0 Å². The van der Waals surface area contributed by atoms with E-state index in [1.54, 1.807) is 0 Å². The first-order valence-corrected chi connectivity index (χ1v) is 19.5. The average molecular weight is 764 g/mol. The highest BCUT2D eigenvalue weighted by Crippen LogP contribution is 2.42. The minimum absolute atomic E-state index is 0.400. The van der Waals surface area contributed by atoms with Gasteiger partial charge >= 0.3 is 0 Å². The molecule has 3 heterocycles. The average Bonchev–Trinajstić information content (AvgIpc) is 3.88. The van der Waals surface area contributed by atoms with Gasteiger partial charge in [-0.3, -0.25) is 4.99 Å². The van der Waals surface area contributed by atoms with Crippen molar-refractivity contribution in [3.05, 3.63) is 211 Å². The van der Waals surface area contributed by atoms with Gasteiger partial charge in [0.05, 0.1) is 6.54 Å². The van der Waals surface area contributed by atoms with E-state index in [0.717, 1.165) is 88.6 Å². The molecule has 1 aliphatic heterocycles. The number of amidine groups is 2. The summed E-state index contributed by atoms with van der Waals surface area (Å²) < 4.78 is 19.3.